The Hall–Kier alpha value is -1.05. The number of halogens is 1. The lowest BCUT2D eigenvalue weighted by Crippen LogP contribution is -2.36. The van der Waals surface area contributed by atoms with E-state index in [9.17, 15) is 0 Å². The van der Waals surface area contributed by atoms with Gasteiger partial charge < -0.3 is 10.1 Å². The van der Waals surface area contributed by atoms with E-state index in [0.717, 1.165) is 29.6 Å². The molecule has 1 aliphatic rings. The van der Waals surface area contributed by atoms with Crippen LogP contribution in [0, 0.1) is 17.2 Å². The number of rotatable bonds is 3. The number of nitrogens with one attached hydrogen (secondary N) is 1. The molecule has 1 aromatic rings. The Kier molecular flexibility index (Phi) is 4.84. The molecule has 0 radical (unpaired) electrons. The standard InChI is InChI=1S/C15H19BrN2O/c1-10(2)15-8-13(5-6-19-15)18-14-7-12(16)4-3-11(14)9-17/h3-4,7,10,13,15,18H,5-6,8H2,1-2H3. The lowest BCUT2D eigenvalue weighted by atomic mass is 9.95. The van der Waals surface area contributed by atoms with Crippen molar-refractivity contribution in [3.05, 3.63) is 28.2 Å². The number of nitriles is 1. The minimum Gasteiger partial charge on any atom is -0.381 e. The van der Waals surface area contributed by atoms with Gasteiger partial charge in [-0.15, -0.1) is 0 Å². The summed E-state index contributed by atoms with van der Waals surface area (Å²) in [6.07, 6.45) is 2.29. The highest BCUT2D eigenvalue weighted by molar-refractivity contribution is 9.10. The van der Waals surface area contributed by atoms with E-state index in [4.69, 9.17) is 10.00 Å². The van der Waals surface area contributed by atoms with Gasteiger partial charge in [0.15, 0.2) is 0 Å². The van der Waals surface area contributed by atoms with Crippen LogP contribution in [-0.4, -0.2) is 18.8 Å². The summed E-state index contributed by atoms with van der Waals surface area (Å²) in [5.74, 6) is 0.530. The Labute approximate surface area is 123 Å². The Morgan fingerprint density at radius 3 is 2.95 bits per heavy atom. The third kappa shape index (κ3) is 3.71. The SMILES string of the molecule is CC(C)C1CC(Nc2cc(Br)ccc2C#N)CCO1. The summed E-state index contributed by atoms with van der Waals surface area (Å²) in [6.45, 7) is 5.16. The molecule has 0 aromatic heterocycles. The molecule has 0 saturated carbocycles. The highest BCUT2D eigenvalue weighted by Crippen LogP contribution is 2.26. The van der Waals surface area contributed by atoms with Crippen molar-refractivity contribution in [1.29, 1.82) is 5.26 Å². The van der Waals surface area contributed by atoms with E-state index in [2.05, 4.69) is 41.2 Å². The number of hydrogen-bond acceptors (Lipinski definition) is 3. The van der Waals surface area contributed by atoms with E-state index in [0.29, 0.717) is 23.6 Å². The van der Waals surface area contributed by atoms with Crippen LogP contribution in [0.25, 0.3) is 0 Å². The van der Waals surface area contributed by atoms with E-state index in [-0.39, 0.29) is 0 Å². The minimum atomic E-state index is 0.309. The van der Waals surface area contributed by atoms with Crippen LogP contribution in [0.4, 0.5) is 5.69 Å². The molecule has 1 heterocycles. The van der Waals surface area contributed by atoms with Crippen LogP contribution < -0.4 is 5.32 Å². The third-order valence-electron chi connectivity index (χ3n) is 3.52. The van der Waals surface area contributed by atoms with Crippen molar-refractivity contribution in [1.82, 2.24) is 0 Å². The Balaban J connectivity index is 2.09. The van der Waals surface area contributed by atoms with Crippen LogP contribution in [0.5, 0.6) is 0 Å². The molecule has 4 heteroatoms. The maximum atomic E-state index is 9.15. The summed E-state index contributed by atoms with van der Waals surface area (Å²) in [4.78, 5) is 0. The molecule has 2 rings (SSSR count). The van der Waals surface area contributed by atoms with Crippen molar-refractivity contribution in [2.24, 2.45) is 5.92 Å². The van der Waals surface area contributed by atoms with Crippen molar-refractivity contribution >= 4 is 21.6 Å². The maximum Gasteiger partial charge on any atom is 0.101 e. The van der Waals surface area contributed by atoms with Gasteiger partial charge in [0.05, 0.1) is 17.4 Å². The van der Waals surface area contributed by atoms with E-state index >= 15 is 0 Å². The summed E-state index contributed by atoms with van der Waals surface area (Å²) in [6, 6.07) is 8.31. The van der Waals surface area contributed by atoms with Crippen LogP contribution in [0.3, 0.4) is 0 Å². The third-order valence-corrected chi connectivity index (χ3v) is 4.01. The summed E-state index contributed by atoms with van der Waals surface area (Å²) in [5, 5.41) is 12.6. The maximum absolute atomic E-state index is 9.15. The average molecular weight is 323 g/mol. The number of hydrogen-bond donors (Lipinski definition) is 1. The van der Waals surface area contributed by atoms with Crippen LogP contribution in [0.2, 0.25) is 0 Å². The van der Waals surface area contributed by atoms with Gasteiger partial charge in [-0.1, -0.05) is 29.8 Å². The fourth-order valence-electron chi connectivity index (χ4n) is 2.38. The van der Waals surface area contributed by atoms with Crippen molar-refractivity contribution in [3.8, 4) is 6.07 Å². The van der Waals surface area contributed by atoms with Crippen LogP contribution in [-0.2, 0) is 4.74 Å². The summed E-state index contributed by atoms with van der Waals surface area (Å²) >= 11 is 3.45. The quantitative estimate of drug-likeness (QED) is 0.916. The molecular weight excluding hydrogens is 304 g/mol. The molecule has 3 nitrogen and oxygen atoms in total. The topological polar surface area (TPSA) is 45.0 Å². The average Bonchev–Trinajstić information content (AvgIpc) is 2.39. The summed E-state index contributed by atoms with van der Waals surface area (Å²) in [7, 11) is 0. The van der Waals surface area contributed by atoms with Crippen molar-refractivity contribution in [2.75, 3.05) is 11.9 Å². The molecule has 0 amide bonds. The highest BCUT2D eigenvalue weighted by Gasteiger charge is 2.25. The van der Waals surface area contributed by atoms with Gasteiger partial charge in [0.1, 0.15) is 6.07 Å². The first-order valence-corrected chi connectivity index (χ1v) is 7.47. The lowest BCUT2D eigenvalue weighted by molar-refractivity contribution is -0.0160. The van der Waals surface area contributed by atoms with Crippen LogP contribution >= 0.6 is 15.9 Å². The molecule has 2 unspecified atom stereocenters. The van der Waals surface area contributed by atoms with Crippen molar-refractivity contribution < 1.29 is 4.74 Å². The number of ether oxygens (including phenoxy) is 1. The molecule has 19 heavy (non-hydrogen) atoms. The van der Waals surface area contributed by atoms with E-state index in [1.54, 1.807) is 0 Å². The van der Waals surface area contributed by atoms with Gasteiger partial charge in [0.2, 0.25) is 0 Å². The molecule has 1 N–H and O–H groups in total. The van der Waals surface area contributed by atoms with E-state index < -0.39 is 0 Å². The molecule has 1 aromatic carbocycles. The predicted octanol–water partition coefficient (Wildman–Crippen LogP) is 3.94. The molecular formula is C15H19BrN2O. The largest absolute Gasteiger partial charge is 0.381 e. The van der Waals surface area contributed by atoms with Gasteiger partial charge in [0.25, 0.3) is 0 Å². The first-order valence-electron chi connectivity index (χ1n) is 6.68. The Bertz CT molecular complexity index is 482. The smallest absolute Gasteiger partial charge is 0.101 e. The van der Waals surface area contributed by atoms with Crippen molar-refractivity contribution in [2.45, 2.75) is 38.8 Å². The number of benzene rings is 1. The molecule has 0 spiro atoms. The van der Waals surface area contributed by atoms with Crippen molar-refractivity contribution in [3.63, 3.8) is 0 Å². The molecule has 2 atom stereocenters. The van der Waals surface area contributed by atoms with Crippen LogP contribution in [0.15, 0.2) is 22.7 Å². The van der Waals surface area contributed by atoms with Gasteiger partial charge in [-0.05, 0) is 37.0 Å². The molecule has 1 aliphatic heterocycles. The van der Waals surface area contributed by atoms with Gasteiger partial charge in [-0.25, -0.2) is 0 Å². The zero-order chi connectivity index (χ0) is 13.8. The van der Waals surface area contributed by atoms with Gasteiger partial charge in [0, 0.05) is 17.1 Å². The zero-order valence-corrected chi connectivity index (χ0v) is 12.9. The lowest BCUT2D eigenvalue weighted by Gasteiger charge is -2.33. The normalized spacial score (nSPS) is 23.1. The Morgan fingerprint density at radius 2 is 2.26 bits per heavy atom. The first kappa shape index (κ1) is 14.4. The van der Waals surface area contributed by atoms with Gasteiger partial charge >= 0.3 is 0 Å². The number of anilines is 1. The van der Waals surface area contributed by atoms with Crippen LogP contribution in [0.1, 0.15) is 32.3 Å². The number of nitrogens with zero attached hydrogens (tertiary/aromatic N) is 1. The molecule has 0 aliphatic carbocycles. The Morgan fingerprint density at radius 1 is 1.47 bits per heavy atom. The zero-order valence-electron chi connectivity index (χ0n) is 11.3. The minimum absolute atomic E-state index is 0.309. The second kappa shape index (κ2) is 6.40. The second-order valence-electron chi connectivity index (χ2n) is 5.32. The summed E-state index contributed by atoms with van der Waals surface area (Å²) in [5.41, 5.74) is 1.60. The fourth-order valence-corrected chi connectivity index (χ4v) is 2.74. The second-order valence-corrected chi connectivity index (χ2v) is 6.24. The summed E-state index contributed by atoms with van der Waals surface area (Å²) < 4.78 is 6.76. The predicted molar refractivity (Wildman–Crippen MR) is 80.1 cm³/mol. The molecule has 0 bridgehead atoms. The highest BCUT2D eigenvalue weighted by atomic mass is 79.9. The molecule has 1 fully saturated rings. The first-order chi connectivity index (χ1) is 9.10. The van der Waals surface area contributed by atoms with E-state index in [1.807, 2.05) is 18.2 Å². The van der Waals surface area contributed by atoms with Gasteiger partial charge in [-0.3, -0.25) is 0 Å². The molecule has 1 saturated heterocycles. The molecule has 102 valence electrons. The van der Waals surface area contributed by atoms with Gasteiger partial charge in [-0.2, -0.15) is 5.26 Å². The van der Waals surface area contributed by atoms with E-state index in [1.165, 1.54) is 0 Å². The monoisotopic (exact) mass is 322 g/mol. The fraction of sp³-hybridized carbons (Fsp3) is 0.533.